The summed E-state index contributed by atoms with van der Waals surface area (Å²) in [4.78, 5) is 26.2. The summed E-state index contributed by atoms with van der Waals surface area (Å²) in [5.41, 5.74) is 3.33. The number of benzene rings is 2. The molecule has 25 heavy (non-hydrogen) atoms. The van der Waals surface area contributed by atoms with Gasteiger partial charge in [0, 0.05) is 16.9 Å². The highest BCUT2D eigenvalue weighted by molar-refractivity contribution is 6.02. The van der Waals surface area contributed by atoms with E-state index in [1.807, 2.05) is 69.3 Å². The Balaban J connectivity index is 1.75. The zero-order valence-electron chi connectivity index (χ0n) is 14.8. The molecule has 3 amide bonds. The minimum Gasteiger partial charge on any atom is -0.333 e. The molecule has 130 valence electrons. The lowest BCUT2D eigenvalue weighted by molar-refractivity contribution is -0.117. The molecule has 1 aliphatic rings. The van der Waals surface area contributed by atoms with E-state index in [-0.39, 0.29) is 17.5 Å². The van der Waals surface area contributed by atoms with Gasteiger partial charge in [0.25, 0.3) is 0 Å². The topological polar surface area (TPSA) is 61.4 Å². The van der Waals surface area contributed by atoms with Crippen LogP contribution in [0.15, 0.2) is 48.5 Å². The Kier molecular flexibility index (Phi) is 4.49. The average Bonchev–Trinajstić information content (AvgIpc) is 2.81. The van der Waals surface area contributed by atoms with Gasteiger partial charge in [-0.2, -0.15) is 0 Å². The fourth-order valence-corrected chi connectivity index (χ4v) is 2.90. The molecule has 5 heteroatoms. The average molecular weight is 337 g/mol. The van der Waals surface area contributed by atoms with E-state index >= 15 is 0 Å². The van der Waals surface area contributed by atoms with Crippen molar-refractivity contribution in [3.05, 3.63) is 59.7 Å². The van der Waals surface area contributed by atoms with E-state index in [1.54, 1.807) is 4.90 Å². The Hall–Kier alpha value is -2.82. The number of hydrogen-bond donors (Lipinski definition) is 2. The van der Waals surface area contributed by atoms with Gasteiger partial charge in [-0.1, -0.05) is 30.3 Å². The third-order valence-corrected chi connectivity index (χ3v) is 3.94. The maximum absolute atomic E-state index is 12.4. The van der Waals surface area contributed by atoms with Crippen molar-refractivity contribution in [2.45, 2.75) is 39.3 Å². The lowest BCUT2D eigenvalue weighted by atomic mass is 10.1. The number of urea groups is 1. The van der Waals surface area contributed by atoms with Crippen LogP contribution in [0.1, 0.15) is 31.9 Å². The molecule has 0 radical (unpaired) electrons. The second kappa shape index (κ2) is 6.59. The van der Waals surface area contributed by atoms with Crippen molar-refractivity contribution in [3.63, 3.8) is 0 Å². The third kappa shape index (κ3) is 4.18. The van der Waals surface area contributed by atoms with Gasteiger partial charge in [0.05, 0.1) is 13.0 Å². The predicted molar refractivity (Wildman–Crippen MR) is 99.7 cm³/mol. The molecule has 0 atom stereocenters. The van der Waals surface area contributed by atoms with Crippen LogP contribution in [0, 0.1) is 0 Å². The van der Waals surface area contributed by atoms with Crippen LogP contribution in [0.3, 0.4) is 0 Å². The second-order valence-electron chi connectivity index (χ2n) is 7.31. The van der Waals surface area contributed by atoms with E-state index in [0.29, 0.717) is 18.7 Å². The number of rotatable bonds is 3. The molecule has 1 heterocycles. The molecule has 0 spiro atoms. The van der Waals surface area contributed by atoms with Gasteiger partial charge in [-0.25, -0.2) is 4.79 Å². The molecule has 0 fully saturated rings. The van der Waals surface area contributed by atoms with Gasteiger partial charge in [0.15, 0.2) is 0 Å². The largest absolute Gasteiger partial charge is 0.333 e. The lowest BCUT2D eigenvalue weighted by Crippen LogP contribution is -2.43. The van der Waals surface area contributed by atoms with E-state index in [1.165, 1.54) is 0 Å². The number of carbonyl (C=O) groups is 2. The Morgan fingerprint density at radius 3 is 2.52 bits per heavy atom. The van der Waals surface area contributed by atoms with E-state index < -0.39 is 0 Å². The molecule has 0 aliphatic carbocycles. The smallest absolute Gasteiger partial charge is 0.319 e. The quantitative estimate of drug-likeness (QED) is 0.897. The molecule has 3 rings (SSSR count). The first-order valence-electron chi connectivity index (χ1n) is 8.38. The van der Waals surface area contributed by atoms with Crippen LogP contribution in [-0.2, 0) is 17.8 Å². The van der Waals surface area contributed by atoms with Crippen molar-refractivity contribution in [1.82, 2.24) is 5.32 Å². The molecule has 0 saturated carbocycles. The number of hydrogen-bond acceptors (Lipinski definition) is 2. The fraction of sp³-hybridized carbons (Fsp3) is 0.300. The molecule has 0 saturated heterocycles. The van der Waals surface area contributed by atoms with E-state index in [0.717, 1.165) is 16.8 Å². The highest BCUT2D eigenvalue weighted by atomic mass is 16.2. The minimum atomic E-state index is -0.302. The summed E-state index contributed by atoms with van der Waals surface area (Å²) in [5.74, 6) is 0.0788. The van der Waals surface area contributed by atoms with Crippen molar-refractivity contribution in [3.8, 4) is 0 Å². The summed E-state index contributed by atoms with van der Waals surface area (Å²) in [7, 11) is 0. The van der Waals surface area contributed by atoms with Gasteiger partial charge in [-0.3, -0.25) is 4.79 Å². The number of carbonyl (C=O) groups excluding carboxylic acids is 2. The van der Waals surface area contributed by atoms with Crippen LogP contribution in [0.2, 0.25) is 0 Å². The van der Waals surface area contributed by atoms with Gasteiger partial charge in [0.2, 0.25) is 5.91 Å². The van der Waals surface area contributed by atoms with Gasteiger partial charge >= 0.3 is 6.03 Å². The number of anilines is 2. The van der Waals surface area contributed by atoms with Crippen LogP contribution in [0.5, 0.6) is 0 Å². The van der Waals surface area contributed by atoms with Gasteiger partial charge < -0.3 is 15.5 Å². The standard InChI is InChI=1S/C20H23N3O2/c1-20(2,3)22-19(25)21-16-9-10-17-15(11-16)12-18(24)23(17)13-14-7-5-4-6-8-14/h4-11H,12-13H2,1-3H3,(H2,21,22,25). The Morgan fingerprint density at radius 2 is 1.84 bits per heavy atom. The predicted octanol–water partition coefficient (Wildman–Crippen LogP) is 3.70. The maximum atomic E-state index is 12.4. The molecule has 2 aromatic rings. The first kappa shape index (κ1) is 17.0. The second-order valence-corrected chi connectivity index (χ2v) is 7.31. The molecule has 0 unspecified atom stereocenters. The normalized spacial score (nSPS) is 13.6. The van der Waals surface area contributed by atoms with Gasteiger partial charge in [0.1, 0.15) is 0 Å². The number of nitrogens with one attached hydrogen (secondary N) is 2. The highest BCUT2D eigenvalue weighted by Gasteiger charge is 2.27. The summed E-state index contributed by atoms with van der Waals surface area (Å²) >= 11 is 0. The molecular formula is C20H23N3O2. The van der Waals surface area contributed by atoms with Crippen LogP contribution in [0.25, 0.3) is 0 Å². The van der Waals surface area contributed by atoms with Gasteiger partial charge in [-0.15, -0.1) is 0 Å². The summed E-state index contributed by atoms with van der Waals surface area (Å²) in [5, 5.41) is 5.69. The molecule has 0 bridgehead atoms. The summed E-state index contributed by atoms with van der Waals surface area (Å²) in [6.07, 6.45) is 0.360. The molecule has 0 aromatic heterocycles. The summed E-state index contributed by atoms with van der Waals surface area (Å²) < 4.78 is 0. The molecule has 2 N–H and O–H groups in total. The molecule has 5 nitrogen and oxygen atoms in total. The zero-order valence-corrected chi connectivity index (χ0v) is 14.8. The van der Waals surface area contributed by atoms with Crippen molar-refractivity contribution in [2.24, 2.45) is 0 Å². The van der Waals surface area contributed by atoms with Crippen LogP contribution in [0.4, 0.5) is 16.2 Å². The molecule has 2 aromatic carbocycles. The van der Waals surface area contributed by atoms with Crippen molar-refractivity contribution in [2.75, 3.05) is 10.2 Å². The number of amides is 3. The minimum absolute atomic E-state index is 0.0788. The first-order chi connectivity index (χ1) is 11.8. The Labute approximate surface area is 148 Å². The van der Waals surface area contributed by atoms with Crippen LogP contribution in [-0.4, -0.2) is 17.5 Å². The molecular weight excluding hydrogens is 314 g/mol. The van der Waals surface area contributed by atoms with E-state index in [4.69, 9.17) is 0 Å². The van der Waals surface area contributed by atoms with E-state index in [2.05, 4.69) is 10.6 Å². The van der Waals surface area contributed by atoms with Crippen LogP contribution < -0.4 is 15.5 Å². The zero-order chi connectivity index (χ0) is 18.0. The first-order valence-corrected chi connectivity index (χ1v) is 8.38. The summed E-state index contributed by atoms with van der Waals surface area (Å²) in [6, 6.07) is 15.3. The Morgan fingerprint density at radius 1 is 1.12 bits per heavy atom. The number of fused-ring (bicyclic) bond motifs is 1. The third-order valence-electron chi connectivity index (χ3n) is 3.94. The van der Waals surface area contributed by atoms with Crippen molar-refractivity contribution < 1.29 is 9.59 Å². The highest BCUT2D eigenvalue weighted by Crippen LogP contribution is 2.32. The molecule has 1 aliphatic heterocycles. The SMILES string of the molecule is CC(C)(C)NC(=O)Nc1ccc2c(c1)CC(=O)N2Cc1ccccc1. The Bertz CT molecular complexity index is 794. The monoisotopic (exact) mass is 337 g/mol. The van der Waals surface area contributed by atoms with Crippen LogP contribution >= 0.6 is 0 Å². The number of nitrogens with zero attached hydrogens (tertiary/aromatic N) is 1. The maximum Gasteiger partial charge on any atom is 0.319 e. The van der Waals surface area contributed by atoms with Crippen molar-refractivity contribution >= 4 is 23.3 Å². The fourth-order valence-electron chi connectivity index (χ4n) is 2.90. The van der Waals surface area contributed by atoms with Crippen molar-refractivity contribution in [1.29, 1.82) is 0 Å². The summed E-state index contributed by atoms with van der Waals surface area (Å²) in [6.45, 7) is 6.34. The van der Waals surface area contributed by atoms with Gasteiger partial charge in [-0.05, 0) is 50.1 Å². The van der Waals surface area contributed by atoms with E-state index in [9.17, 15) is 9.59 Å². The lowest BCUT2D eigenvalue weighted by Gasteiger charge is -2.21.